The third-order valence-electron chi connectivity index (χ3n) is 9.07. The van der Waals surface area contributed by atoms with Crippen LogP contribution >= 0.6 is 23.2 Å². The highest BCUT2D eigenvalue weighted by Crippen LogP contribution is 2.44. The fourth-order valence-electron chi connectivity index (χ4n) is 6.74. The number of aliphatic carboxylic acids is 1. The molecule has 6 rings (SSSR count). The maximum absolute atomic E-state index is 14.4. The number of phenols is 1. The predicted molar refractivity (Wildman–Crippen MR) is 197 cm³/mol. The summed E-state index contributed by atoms with van der Waals surface area (Å²) in [5.74, 6) is -3.23. The number of fused-ring (bicyclic) bond motifs is 2. The summed E-state index contributed by atoms with van der Waals surface area (Å²) in [7, 11) is 0. The van der Waals surface area contributed by atoms with Crippen molar-refractivity contribution in [2.24, 2.45) is 5.41 Å². The number of rotatable bonds is 7. The van der Waals surface area contributed by atoms with Crippen molar-refractivity contribution in [1.29, 1.82) is 0 Å². The topological polar surface area (TPSA) is 128 Å². The van der Waals surface area contributed by atoms with Gasteiger partial charge in [-0.3, -0.25) is 28.3 Å². The van der Waals surface area contributed by atoms with E-state index in [0.29, 0.717) is 65.5 Å². The number of carboxylic acids is 1. The standard InChI is InChI=1S/C40H34Cl2N2O7/c1-21-29(20-34(46)47)30-19-28(15-17-32(30)43(21)37(48)23-6-10-25(41)11-7-23)51-39(50)36(40(3,4)5)35-22(2)44(33-16-14-27(45)18-31(33)35)38(49)24-8-12-26(42)13-9-24/h6-19,36,45H,20H2,1-5H3,(H,46,47). The SMILES string of the molecule is Cc1c(CC(=O)O)c2cc(OC(=O)C(c3c(C)n(C(=O)c4ccc(Cl)cc4)c4ccc(O)cc34)C(C)(C)C)ccc2n1C(=O)c1ccc(Cl)cc1. The number of phenolic OH excluding ortho intramolecular Hbond substituents is 1. The molecular weight excluding hydrogens is 691 g/mol. The molecule has 2 N–H and O–H groups in total. The van der Waals surface area contributed by atoms with Gasteiger partial charge in [0.25, 0.3) is 11.8 Å². The molecule has 2 aromatic heterocycles. The predicted octanol–water partition coefficient (Wildman–Crippen LogP) is 8.96. The maximum atomic E-state index is 14.4. The Hall–Kier alpha value is -5.38. The van der Waals surface area contributed by atoms with Gasteiger partial charge in [0.05, 0.1) is 23.4 Å². The number of carboxylic acid groups (broad SMARTS) is 1. The number of hydrogen-bond acceptors (Lipinski definition) is 6. The van der Waals surface area contributed by atoms with Gasteiger partial charge in [0.2, 0.25) is 0 Å². The van der Waals surface area contributed by atoms with Gasteiger partial charge in [0.1, 0.15) is 11.5 Å². The summed E-state index contributed by atoms with van der Waals surface area (Å²) in [5.41, 5.74) is 2.83. The fraction of sp³-hybridized carbons (Fsp3) is 0.200. The van der Waals surface area contributed by atoms with Gasteiger partial charge >= 0.3 is 11.9 Å². The number of ether oxygens (including phenoxy) is 1. The van der Waals surface area contributed by atoms with Gasteiger partial charge in [-0.05, 0) is 115 Å². The quantitative estimate of drug-likeness (QED) is 0.124. The summed E-state index contributed by atoms with van der Waals surface area (Å²) in [4.78, 5) is 53.9. The summed E-state index contributed by atoms with van der Waals surface area (Å²) >= 11 is 12.1. The van der Waals surface area contributed by atoms with Gasteiger partial charge in [-0.2, -0.15) is 0 Å². The summed E-state index contributed by atoms with van der Waals surface area (Å²) in [6.45, 7) is 9.06. The minimum absolute atomic E-state index is 0.0368. The minimum atomic E-state index is -1.09. The molecule has 0 bridgehead atoms. The molecule has 4 aromatic carbocycles. The number of benzene rings is 4. The fourth-order valence-corrected chi connectivity index (χ4v) is 6.99. The molecule has 0 saturated carbocycles. The monoisotopic (exact) mass is 724 g/mol. The molecule has 1 unspecified atom stereocenters. The molecule has 1 atom stereocenters. The Kier molecular flexibility index (Phi) is 9.31. The lowest BCUT2D eigenvalue weighted by Gasteiger charge is -2.29. The zero-order valence-electron chi connectivity index (χ0n) is 28.5. The van der Waals surface area contributed by atoms with E-state index < -0.39 is 23.3 Å². The smallest absolute Gasteiger partial charge is 0.319 e. The number of carbonyl (C=O) groups excluding carboxylic acids is 3. The average Bonchev–Trinajstić information content (AvgIpc) is 3.49. The van der Waals surface area contributed by atoms with Gasteiger partial charge in [0, 0.05) is 43.3 Å². The zero-order valence-corrected chi connectivity index (χ0v) is 30.0. The molecule has 0 saturated heterocycles. The van der Waals surface area contributed by atoms with Crippen LogP contribution in [-0.4, -0.2) is 43.1 Å². The lowest BCUT2D eigenvalue weighted by molar-refractivity contribution is -0.139. The van der Waals surface area contributed by atoms with Crippen molar-refractivity contribution in [3.63, 3.8) is 0 Å². The summed E-state index contributed by atoms with van der Waals surface area (Å²) < 4.78 is 9.04. The Morgan fingerprint density at radius 2 is 1.24 bits per heavy atom. The van der Waals surface area contributed by atoms with Crippen LogP contribution in [0.5, 0.6) is 11.5 Å². The van der Waals surface area contributed by atoms with Gasteiger partial charge in [0.15, 0.2) is 0 Å². The molecule has 0 radical (unpaired) electrons. The number of aromatic nitrogens is 2. The van der Waals surface area contributed by atoms with Gasteiger partial charge < -0.3 is 14.9 Å². The molecule has 0 aliphatic carbocycles. The normalized spacial score (nSPS) is 12.3. The Bertz CT molecular complexity index is 2380. The Labute approximate surface area is 303 Å². The first kappa shape index (κ1) is 35.4. The minimum Gasteiger partial charge on any atom is -0.508 e. The third-order valence-corrected chi connectivity index (χ3v) is 9.57. The number of hydrogen-bond donors (Lipinski definition) is 2. The second kappa shape index (κ2) is 13.4. The van der Waals surface area contributed by atoms with Crippen molar-refractivity contribution >= 4 is 68.8 Å². The van der Waals surface area contributed by atoms with Crippen LogP contribution in [0.2, 0.25) is 10.0 Å². The van der Waals surface area contributed by atoms with E-state index in [2.05, 4.69) is 0 Å². The van der Waals surface area contributed by atoms with Crippen molar-refractivity contribution in [2.75, 3.05) is 0 Å². The van der Waals surface area contributed by atoms with Crippen molar-refractivity contribution in [3.8, 4) is 11.5 Å². The third kappa shape index (κ3) is 6.62. The van der Waals surface area contributed by atoms with E-state index >= 15 is 0 Å². The van der Waals surface area contributed by atoms with Crippen LogP contribution in [0.25, 0.3) is 21.8 Å². The van der Waals surface area contributed by atoms with Crippen molar-refractivity contribution in [2.45, 2.75) is 47.0 Å². The van der Waals surface area contributed by atoms with Crippen LogP contribution in [0, 0.1) is 19.3 Å². The van der Waals surface area contributed by atoms with Crippen LogP contribution < -0.4 is 4.74 Å². The molecule has 0 spiro atoms. The maximum Gasteiger partial charge on any atom is 0.319 e. The summed E-state index contributed by atoms with van der Waals surface area (Å²) in [6.07, 6.45) is -0.366. The lowest BCUT2D eigenvalue weighted by atomic mass is 9.75. The van der Waals surface area contributed by atoms with E-state index in [1.807, 2.05) is 20.8 Å². The van der Waals surface area contributed by atoms with Crippen LogP contribution in [0.4, 0.5) is 0 Å². The molecule has 2 heterocycles. The largest absolute Gasteiger partial charge is 0.508 e. The first-order valence-corrected chi connectivity index (χ1v) is 16.8. The van der Waals surface area contributed by atoms with Crippen LogP contribution in [0.3, 0.4) is 0 Å². The Morgan fingerprint density at radius 3 is 1.76 bits per heavy atom. The van der Waals surface area contributed by atoms with Crippen molar-refractivity contribution < 1.29 is 34.1 Å². The highest BCUT2D eigenvalue weighted by atomic mass is 35.5. The highest BCUT2D eigenvalue weighted by Gasteiger charge is 2.39. The first-order chi connectivity index (χ1) is 24.1. The molecule has 0 fully saturated rings. The van der Waals surface area contributed by atoms with E-state index in [4.69, 9.17) is 27.9 Å². The van der Waals surface area contributed by atoms with Gasteiger partial charge in [-0.15, -0.1) is 0 Å². The molecule has 0 aliphatic rings. The van der Waals surface area contributed by atoms with E-state index in [1.54, 1.807) is 86.6 Å². The molecule has 11 heteroatoms. The number of halogens is 2. The van der Waals surface area contributed by atoms with Crippen LogP contribution in [-0.2, 0) is 16.0 Å². The second-order valence-corrected chi connectivity index (χ2v) is 14.4. The van der Waals surface area contributed by atoms with E-state index in [-0.39, 0.29) is 29.7 Å². The van der Waals surface area contributed by atoms with Gasteiger partial charge in [-0.25, -0.2) is 0 Å². The molecule has 260 valence electrons. The Balaban J connectivity index is 1.45. The molecule has 6 aromatic rings. The molecule has 51 heavy (non-hydrogen) atoms. The highest BCUT2D eigenvalue weighted by molar-refractivity contribution is 6.31. The van der Waals surface area contributed by atoms with E-state index in [0.717, 1.165) is 0 Å². The zero-order chi connectivity index (χ0) is 36.9. The van der Waals surface area contributed by atoms with E-state index in [1.165, 1.54) is 21.3 Å². The first-order valence-electron chi connectivity index (χ1n) is 16.1. The second-order valence-electron chi connectivity index (χ2n) is 13.5. The average molecular weight is 726 g/mol. The Morgan fingerprint density at radius 1 is 0.725 bits per heavy atom. The molecule has 0 aliphatic heterocycles. The van der Waals surface area contributed by atoms with Crippen LogP contribution in [0.1, 0.15) is 69.9 Å². The van der Waals surface area contributed by atoms with Gasteiger partial charge in [-0.1, -0.05) is 44.0 Å². The number of esters is 1. The summed E-state index contributed by atoms with van der Waals surface area (Å²) in [5, 5.41) is 22.2. The number of aromatic hydroxyl groups is 1. The molecular formula is C40H34Cl2N2O7. The summed E-state index contributed by atoms with van der Waals surface area (Å²) in [6, 6.07) is 22.3. The lowest BCUT2D eigenvalue weighted by Crippen LogP contribution is -2.30. The molecule has 9 nitrogen and oxygen atoms in total. The van der Waals surface area contributed by atoms with E-state index in [9.17, 15) is 29.4 Å². The number of carbonyl (C=O) groups is 4. The van der Waals surface area contributed by atoms with Crippen molar-refractivity contribution in [1.82, 2.24) is 9.13 Å². The van der Waals surface area contributed by atoms with Crippen LogP contribution in [0.15, 0.2) is 84.9 Å². The molecule has 0 amide bonds. The van der Waals surface area contributed by atoms with Crippen molar-refractivity contribution in [3.05, 3.63) is 129 Å². The number of nitrogens with zero attached hydrogens (tertiary/aromatic N) is 2.